The molecule has 0 aliphatic rings. The lowest BCUT2D eigenvalue weighted by Gasteiger charge is -2.19. The van der Waals surface area contributed by atoms with Crippen LogP contribution in [-0.4, -0.2) is 43.3 Å². The summed E-state index contributed by atoms with van der Waals surface area (Å²) in [6.45, 7) is 4.14. The predicted octanol–water partition coefficient (Wildman–Crippen LogP) is 0.357. The molecule has 1 atom stereocenters. The minimum atomic E-state index is -0.874. The van der Waals surface area contributed by atoms with Crippen LogP contribution in [0.15, 0.2) is 0 Å². The molecule has 6 heteroatoms. The Hall–Kier alpha value is -1.14. The van der Waals surface area contributed by atoms with Crippen LogP contribution in [0.2, 0.25) is 0 Å². The SMILES string of the molecule is COCCCC(N)C(=O)NCCC(C)(C)C(=O)O. The van der Waals surface area contributed by atoms with Crippen LogP contribution in [-0.2, 0) is 14.3 Å². The molecule has 0 aromatic carbocycles. The van der Waals surface area contributed by atoms with Crippen LogP contribution in [0.5, 0.6) is 0 Å². The van der Waals surface area contributed by atoms with Crippen LogP contribution in [0.3, 0.4) is 0 Å². The molecule has 0 spiro atoms. The third kappa shape index (κ3) is 6.56. The molecule has 0 saturated heterocycles. The Bertz CT molecular complexity index is 279. The summed E-state index contributed by atoms with van der Waals surface area (Å²) in [5.74, 6) is -1.12. The summed E-state index contributed by atoms with van der Waals surface area (Å²) >= 11 is 0. The molecule has 1 amide bonds. The molecular weight excluding hydrogens is 236 g/mol. The van der Waals surface area contributed by atoms with Crippen LogP contribution in [0.25, 0.3) is 0 Å². The fourth-order valence-corrected chi connectivity index (χ4v) is 1.31. The molecule has 0 fully saturated rings. The molecule has 0 aromatic rings. The van der Waals surface area contributed by atoms with Crippen LogP contribution in [0.1, 0.15) is 33.1 Å². The monoisotopic (exact) mass is 260 g/mol. The summed E-state index contributed by atoms with van der Waals surface area (Å²) in [6, 6.07) is -0.562. The minimum Gasteiger partial charge on any atom is -0.481 e. The van der Waals surface area contributed by atoms with Crippen LogP contribution in [0.4, 0.5) is 0 Å². The number of amides is 1. The van der Waals surface area contributed by atoms with Crippen molar-refractivity contribution < 1.29 is 19.4 Å². The number of hydrogen-bond donors (Lipinski definition) is 3. The van der Waals surface area contributed by atoms with Crippen molar-refractivity contribution in [3.8, 4) is 0 Å². The van der Waals surface area contributed by atoms with E-state index >= 15 is 0 Å². The van der Waals surface area contributed by atoms with E-state index in [2.05, 4.69) is 5.32 Å². The number of nitrogens with two attached hydrogens (primary N) is 1. The molecule has 0 saturated carbocycles. The topological polar surface area (TPSA) is 102 Å². The standard InChI is InChI=1S/C12H24N2O4/c1-12(2,11(16)17)6-7-14-10(15)9(13)5-4-8-18-3/h9H,4-8,13H2,1-3H3,(H,14,15)(H,16,17). The van der Waals surface area contributed by atoms with E-state index in [1.54, 1.807) is 21.0 Å². The third-order valence-corrected chi connectivity index (χ3v) is 2.83. The lowest BCUT2D eigenvalue weighted by Crippen LogP contribution is -2.42. The van der Waals surface area contributed by atoms with Gasteiger partial charge in [-0.25, -0.2) is 0 Å². The van der Waals surface area contributed by atoms with Crippen molar-refractivity contribution in [1.82, 2.24) is 5.32 Å². The van der Waals surface area contributed by atoms with E-state index in [9.17, 15) is 9.59 Å². The number of carboxylic acid groups (broad SMARTS) is 1. The van der Waals surface area contributed by atoms with E-state index in [1.807, 2.05) is 0 Å². The molecular formula is C12H24N2O4. The maximum Gasteiger partial charge on any atom is 0.309 e. The predicted molar refractivity (Wildman–Crippen MR) is 68.1 cm³/mol. The summed E-state index contributed by atoms with van der Waals surface area (Å²) < 4.78 is 4.87. The quantitative estimate of drug-likeness (QED) is 0.519. The average molecular weight is 260 g/mol. The molecule has 0 aromatic heterocycles. The van der Waals surface area contributed by atoms with Gasteiger partial charge in [-0.3, -0.25) is 9.59 Å². The first kappa shape index (κ1) is 16.9. The van der Waals surface area contributed by atoms with Gasteiger partial charge in [-0.05, 0) is 33.1 Å². The zero-order chi connectivity index (χ0) is 14.2. The molecule has 0 bridgehead atoms. The van der Waals surface area contributed by atoms with Gasteiger partial charge in [-0.2, -0.15) is 0 Å². The largest absolute Gasteiger partial charge is 0.481 e. The summed E-state index contributed by atoms with van der Waals surface area (Å²) in [7, 11) is 1.60. The Morgan fingerprint density at radius 1 is 1.44 bits per heavy atom. The van der Waals surface area contributed by atoms with Crippen molar-refractivity contribution in [1.29, 1.82) is 0 Å². The third-order valence-electron chi connectivity index (χ3n) is 2.83. The molecule has 1 unspecified atom stereocenters. The van der Waals surface area contributed by atoms with Gasteiger partial charge in [0.1, 0.15) is 0 Å². The van der Waals surface area contributed by atoms with Gasteiger partial charge in [0.25, 0.3) is 0 Å². The number of hydrogen-bond acceptors (Lipinski definition) is 4. The Kier molecular flexibility index (Phi) is 7.54. The van der Waals surface area contributed by atoms with E-state index in [0.717, 1.165) is 6.42 Å². The van der Waals surface area contributed by atoms with Gasteiger partial charge in [0.2, 0.25) is 5.91 Å². The number of carbonyl (C=O) groups excluding carboxylic acids is 1. The molecule has 6 nitrogen and oxygen atoms in total. The van der Waals surface area contributed by atoms with Crippen molar-refractivity contribution in [3.05, 3.63) is 0 Å². The van der Waals surface area contributed by atoms with Gasteiger partial charge < -0.3 is 20.9 Å². The van der Waals surface area contributed by atoms with Crippen LogP contribution in [0, 0.1) is 5.41 Å². The molecule has 0 radical (unpaired) electrons. The van der Waals surface area contributed by atoms with Crippen molar-refractivity contribution >= 4 is 11.9 Å². The maximum atomic E-state index is 11.6. The highest BCUT2D eigenvalue weighted by atomic mass is 16.5. The molecule has 0 aliphatic carbocycles. The normalized spacial score (nSPS) is 13.1. The summed E-state index contributed by atoms with van der Waals surface area (Å²) in [5.41, 5.74) is 4.84. The second kappa shape index (κ2) is 8.05. The van der Waals surface area contributed by atoms with Gasteiger partial charge in [-0.15, -0.1) is 0 Å². The number of ether oxygens (including phenoxy) is 1. The number of methoxy groups -OCH3 is 1. The minimum absolute atomic E-state index is 0.243. The van der Waals surface area contributed by atoms with Gasteiger partial charge >= 0.3 is 5.97 Å². The van der Waals surface area contributed by atoms with E-state index < -0.39 is 17.4 Å². The second-order valence-corrected chi connectivity index (χ2v) is 4.97. The lowest BCUT2D eigenvalue weighted by atomic mass is 9.89. The smallest absolute Gasteiger partial charge is 0.309 e. The maximum absolute atomic E-state index is 11.6. The summed E-state index contributed by atoms with van der Waals surface area (Å²) in [4.78, 5) is 22.4. The first-order valence-corrected chi connectivity index (χ1v) is 6.07. The molecule has 0 heterocycles. The van der Waals surface area contributed by atoms with Crippen molar-refractivity contribution in [3.63, 3.8) is 0 Å². The lowest BCUT2D eigenvalue weighted by molar-refractivity contribution is -0.147. The fraction of sp³-hybridized carbons (Fsp3) is 0.833. The van der Waals surface area contributed by atoms with Crippen LogP contribution >= 0.6 is 0 Å². The molecule has 18 heavy (non-hydrogen) atoms. The Morgan fingerprint density at radius 3 is 2.56 bits per heavy atom. The van der Waals surface area contributed by atoms with Crippen LogP contribution < -0.4 is 11.1 Å². The molecule has 0 rings (SSSR count). The summed E-state index contributed by atoms with van der Waals surface area (Å²) in [6.07, 6.45) is 1.66. The Labute approximate surface area is 108 Å². The highest BCUT2D eigenvalue weighted by molar-refractivity contribution is 5.81. The number of nitrogens with one attached hydrogen (secondary N) is 1. The highest BCUT2D eigenvalue weighted by Crippen LogP contribution is 2.19. The number of carboxylic acids is 1. The van der Waals surface area contributed by atoms with E-state index in [0.29, 0.717) is 26.0 Å². The zero-order valence-corrected chi connectivity index (χ0v) is 11.4. The van der Waals surface area contributed by atoms with Gasteiger partial charge in [-0.1, -0.05) is 0 Å². The molecule has 0 aliphatic heterocycles. The van der Waals surface area contributed by atoms with E-state index in [4.69, 9.17) is 15.6 Å². The first-order valence-electron chi connectivity index (χ1n) is 6.07. The number of rotatable bonds is 9. The summed E-state index contributed by atoms with van der Waals surface area (Å²) in [5, 5.41) is 11.6. The highest BCUT2D eigenvalue weighted by Gasteiger charge is 2.26. The Balaban J connectivity index is 3.86. The average Bonchev–Trinajstić information content (AvgIpc) is 2.28. The van der Waals surface area contributed by atoms with Crippen molar-refractivity contribution in [2.24, 2.45) is 11.1 Å². The van der Waals surface area contributed by atoms with Crippen molar-refractivity contribution in [2.75, 3.05) is 20.3 Å². The molecule has 4 N–H and O–H groups in total. The van der Waals surface area contributed by atoms with E-state index in [1.165, 1.54) is 0 Å². The Morgan fingerprint density at radius 2 is 2.06 bits per heavy atom. The van der Waals surface area contributed by atoms with Gasteiger partial charge in [0, 0.05) is 20.3 Å². The number of aliphatic carboxylic acids is 1. The second-order valence-electron chi connectivity index (χ2n) is 4.97. The number of carbonyl (C=O) groups is 2. The molecule has 106 valence electrons. The van der Waals surface area contributed by atoms with Crippen molar-refractivity contribution in [2.45, 2.75) is 39.2 Å². The van der Waals surface area contributed by atoms with E-state index in [-0.39, 0.29) is 5.91 Å². The van der Waals surface area contributed by atoms with Gasteiger partial charge in [0.05, 0.1) is 11.5 Å². The fourth-order valence-electron chi connectivity index (χ4n) is 1.31. The first-order chi connectivity index (χ1) is 8.31. The zero-order valence-electron chi connectivity index (χ0n) is 11.4. The van der Waals surface area contributed by atoms with Gasteiger partial charge in [0.15, 0.2) is 0 Å².